The van der Waals surface area contributed by atoms with Crippen LogP contribution < -0.4 is 4.74 Å². The van der Waals surface area contributed by atoms with Gasteiger partial charge in [0, 0.05) is 17.4 Å². The molecule has 3 heteroatoms. The molecule has 0 aromatic heterocycles. The summed E-state index contributed by atoms with van der Waals surface area (Å²) < 4.78 is 7.68. The highest BCUT2D eigenvalue weighted by molar-refractivity contribution is 14.1. The van der Waals surface area contributed by atoms with E-state index in [2.05, 4.69) is 69.4 Å². The molecular weight excluding hydrogens is 435 g/mol. The maximum Gasteiger partial charge on any atom is 0.127 e. The number of unbranched alkanes of at least 4 members (excludes halogenated alkanes) is 1. The molecule has 2 aliphatic rings. The summed E-state index contributed by atoms with van der Waals surface area (Å²) >= 11 is 2.45. The second-order valence-corrected chi connectivity index (χ2v) is 10.4. The number of fused-ring (bicyclic) bond motifs is 3. The molecule has 0 fully saturated rings. The van der Waals surface area contributed by atoms with Gasteiger partial charge >= 0.3 is 0 Å². The van der Waals surface area contributed by atoms with Crippen LogP contribution in [-0.2, 0) is 5.41 Å². The molecule has 1 heterocycles. The van der Waals surface area contributed by atoms with Crippen molar-refractivity contribution in [2.24, 2.45) is 5.92 Å². The Hall–Kier alpha value is -0.710. The lowest BCUT2D eigenvalue weighted by Gasteiger charge is -2.47. The second-order valence-electron chi connectivity index (χ2n) is 9.35. The first kappa shape index (κ1) is 20.0. The summed E-state index contributed by atoms with van der Waals surface area (Å²) in [6, 6.07) is 4.22. The molecule has 2 atom stereocenters. The summed E-state index contributed by atoms with van der Waals surface area (Å²) in [5.41, 5.74) is 3.50. The Labute approximate surface area is 172 Å². The van der Waals surface area contributed by atoms with E-state index in [1.54, 1.807) is 0 Å². The number of hydrogen-bond donors (Lipinski definition) is 1. The molecule has 0 saturated carbocycles. The van der Waals surface area contributed by atoms with Crippen molar-refractivity contribution in [2.45, 2.75) is 83.7 Å². The first-order valence-corrected chi connectivity index (χ1v) is 11.5. The average molecular weight is 468 g/mol. The van der Waals surface area contributed by atoms with Crippen LogP contribution in [0.3, 0.4) is 0 Å². The Morgan fingerprint density at radius 1 is 1.27 bits per heavy atom. The molecule has 2 nitrogen and oxygen atoms in total. The Morgan fingerprint density at radius 2 is 2.00 bits per heavy atom. The number of phenols is 1. The Balaban J connectivity index is 1.99. The van der Waals surface area contributed by atoms with Crippen LogP contribution in [0.4, 0.5) is 0 Å². The van der Waals surface area contributed by atoms with Crippen molar-refractivity contribution in [1.82, 2.24) is 0 Å². The molecule has 1 N–H and O–H groups in total. The molecule has 26 heavy (non-hydrogen) atoms. The lowest BCUT2D eigenvalue weighted by molar-refractivity contribution is 0.00741. The van der Waals surface area contributed by atoms with E-state index in [4.69, 9.17) is 4.74 Å². The Morgan fingerprint density at radius 3 is 2.69 bits per heavy atom. The number of hydrogen-bond acceptors (Lipinski definition) is 2. The third-order valence-corrected chi connectivity index (χ3v) is 7.23. The number of alkyl halides is 1. The lowest BCUT2D eigenvalue weighted by Crippen LogP contribution is -2.45. The summed E-state index contributed by atoms with van der Waals surface area (Å²) in [6.45, 7) is 11.2. The lowest BCUT2D eigenvalue weighted by atomic mass is 9.66. The molecule has 1 aromatic rings. The number of aromatic hydroxyl groups is 1. The fourth-order valence-electron chi connectivity index (χ4n) is 4.76. The molecule has 1 aliphatic heterocycles. The maximum atomic E-state index is 11.0. The molecular formula is C23H33IO2. The molecule has 0 unspecified atom stereocenters. The van der Waals surface area contributed by atoms with Crippen LogP contribution in [0.2, 0.25) is 0 Å². The third kappa shape index (κ3) is 3.79. The van der Waals surface area contributed by atoms with Gasteiger partial charge < -0.3 is 9.84 Å². The van der Waals surface area contributed by atoms with Crippen LogP contribution in [0, 0.1) is 5.92 Å². The van der Waals surface area contributed by atoms with Crippen LogP contribution in [0.15, 0.2) is 23.8 Å². The van der Waals surface area contributed by atoms with Gasteiger partial charge in [-0.2, -0.15) is 0 Å². The molecule has 144 valence electrons. The predicted molar refractivity (Wildman–Crippen MR) is 118 cm³/mol. The number of allylic oxidation sites excluding steroid dienone is 2. The van der Waals surface area contributed by atoms with Crippen LogP contribution >= 0.6 is 22.6 Å². The molecule has 0 radical (unpaired) electrons. The first-order chi connectivity index (χ1) is 12.2. The van der Waals surface area contributed by atoms with Gasteiger partial charge in [-0.3, -0.25) is 0 Å². The monoisotopic (exact) mass is 468 g/mol. The van der Waals surface area contributed by atoms with E-state index < -0.39 is 0 Å². The molecule has 1 aliphatic carbocycles. The van der Waals surface area contributed by atoms with Gasteiger partial charge in [-0.15, -0.1) is 0 Å². The minimum absolute atomic E-state index is 0.0467. The summed E-state index contributed by atoms with van der Waals surface area (Å²) in [6.07, 6.45) is 8.00. The summed E-state index contributed by atoms with van der Waals surface area (Å²) in [4.78, 5) is 0. The van der Waals surface area contributed by atoms with Gasteiger partial charge in [0.1, 0.15) is 17.1 Å². The van der Waals surface area contributed by atoms with E-state index in [-0.39, 0.29) is 11.0 Å². The van der Waals surface area contributed by atoms with E-state index in [1.165, 1.54) is 28.4 Å². The van der Waals surface area contributed by atoms with Crippen molar-refractivity contribution in [3.8, 4) is 11.5 Å². The number of phenolic OH excluding ortho intramolecular Hbond substituents is 1. The van der Waals surface area contributed by atoms with Crippen molar-refractivity contribution in [2.75, 3.05) is 4.43 Å². The highest BCUT2D eigenvalue weighted by Gasteiger charge is 2.46. The average Bonchev–Trinajstić information content (AvgIpc) is 2.53. The summed E-state index contributed by atoms with van der Waals surface area (Å²) in [7, 11) is 0. The standard InChI is InChI=1S/C23H33IO2/c1-15-8-9-18-17(12-15)21-19(25)13-16(14-20(21)26-23(18,4)5)22(2,3)10-6-7-11-24/h8,13-14,17-18,25H,6-7,9-12H2,1-5H3/t17-,18-/m1/s1. The zero-order valence-corrected chi connectivity index (χ0v) is 19.0. The zero-order valence-electron chi connectivity index (χ0n) is 16.9. The van der Waals surface area contributed by atoms with Gasteiger partial charge in [0.25, 0.3) is 0 Å². The van der Waals surface area contributed by atoms with E-state index in [0.717, 1.165) is 30.6 Å². The van der Waals surface area contributed by atoms with Crippen LogP contribution in [0.5, 0.6) is 11.5 Å². The second kappa shape index (κ2) is 7.37. The number of ether oxygens (including phenoxy) is 1. The quantitative estimate of drug-likeness (QED) is 0.221. The fraction of sp³-hybridized carbons (Fsp3) is 0.652. The molecule has 1 aromatic carbocycles. The topological polar surface area (TPSA) is 29.5 Å². The van der Waals surface area contributed by atoms with E-state index in [1.807, 2.05) is 6.07 Å². The fourth-order valence-corrected chi connectivity index (χ4v) is 5.30. The minimum atomic E-state index is -0.203. The highest BCUT2D eigenvalue weighted by atomic mass is 127. The van der Waals surface area contributed by atoms with Gasteiger partial charge in [-0.05, 0) is 74.0 Å². The van der Waals surface area contributed by atoms with Crippen LogP contribution in [0.1, 0.15) is 83.8 Å². The zero-order chi connectivity index (χ0) is 19.1. The highest BCUT2D eigenvalue weighted by Crippen LogP contribution is 2.54. The van der Waals surface area contributed by atoms with Crippen molar-refractivity contribution in [3.63, 3.8) is 0 Å². The van der Waals surface area contributed by atoms with E-state index >= 15 is 0 Å². The summed E-state index contributed by atoms with van der Waals surface area (Å²) in [5.74, 6) is 2.12. The van der Waals surface area contributed by atoms with Crippen molar-refractivity contribution >= 4 is 22.6 Å². The van der Waals surface area contributed by atoms with Crippen molar-refractivity contribution in [3.05, 3.63) is 34.9 Å². The summed E-state index contributed by atoms with van der Waals surface area (Å²) in [5, 5.41) is 11.0. The maximum absolute atomic E-state index is 11.0. The predicted octanol–water partition coefficient (Wildman–Crippen LogP) is 6.89. The third-order valence-electron chi connectivity index (χ3n) is 6.47. The van der Waals surface area contributed by atoms with Crippen LogP contribution in [0.25, 0.3) is 0 Å². The normalized spacial score (nSPS) is 24.3. The number of benzene rings is 1. The van der Waals surface area contributed by atoms with Gasteiger partial charge in [-0.1, -0.05) is 54.5 Å². The van der Waals surface area contributed by atoms with Crippen molar-refractivity contribution in [1.29, 1.82) is 0 Å². The van der Waals surface area contributed by atoms with Gasteiger partial charge in [0.05, 0.1) is 0 Å². The van der Waals surface area contributed by atoms with Crippen molar-refractivity contribution < 1.29 is 9.84 Å². The Kier molecular flexibility index (Phi) is 5.68. The minimum Gasteiger partial charge on any atom is -0.508 e. The van der Waals surface area contributed by atoms with E-state index in [9.17, 15) is 5.11 Å². The Bertz CT molecular complexity index is 702. The molecule has 0 saturated heterocycles. The van der Waals surface area contributed by atoms with Gasteiger partial charge in [0.2, 0.25) is 0 Å². The van der Waals surface area contributed by atoms with Gasteiger partial charge in [-0.25, -0.2) is 0 Å². The smallest absolute Gasteiger partial charge is 0.127 e. The molecule has 0 amide bonds. The molecule has 0 bridgehead atoms. The number of halogens is 1. The molecule has 0 spiro atoms. The largest absolute Gasteiger partial charge is 0.508 e. The first-order valence-electron chi connectivity index (χ1n) is 9.94. The molecule has 3 rings (SSSR count). The number of rotatable bonds is 5. The van der Waals surface area contributed by atoms with E-state index in [0.29, 0.717) is 17.6 Å². The van der Waals surface area contributed by atoms with Crippen LogP contribution in [-0.4, -0.2) is 15.1 Å². The SMILES string of the molecule is CC1=CC[C@@H]2[C@@H](C1)c1c(O)cc(C(C)(C)CCCCI)cc1OC2(C)C. The van der Waals surface area contributed by atoms with Gasteiger partial charge in [0.15, 0.2) is 0 Å².